The number of carbonyl (C=O) groups excluding carboxylic acids is 1. The van der Waals surface area contributed by atoms with E-state index in [0.717, 1.165) is 23.1 Å². The summed E-state index contributed by atoms with van der Waals surface area (Å²) < 4.78 is 39.9. The molecule has 7 rings (SSSR count). The Balaban J connectivity index is 1.08. The second-order valence-electron chi connectivity index (χ2n) is 11.3. The summed E-state index contributed by atoms with van der Waals surface area (Å²) in [4.78, 5) is 23.5. The summed E-state index contributed by atoms with van der Waals surface area (Å²) in [5.41, 5.74) is 2.46. The fourth-order valence-corrected chi connectivity index (χ4v) is 6.52. The van der Waals surface area contributed by atoms with Crippen molar-refractivity contribution in [1.29, 1.82) is 0 Å². The Kier molecular flexibility index (Phi) is 6.75. The number of fused-ring (bicyclic) bond motifs is 3. The van der Waals surface area contributed by atoms with Gasteiger partial charge in [0.1, 0.15) is 40.9 Å². The van der Waals surface area contributed by atoms with E-state index in [1.807, 2.05) is 42.6 Å². The van der Waals surface area contributed by atoms with Gasteiger partial charge in [0.25, 0.3) is 0 Å². The molecule has 2 saturated heterocycles. The van der Waals surface area contributed by atoms with E-state index < -0.39 is 0 Å². The third-order valence-electron chi connectivity index (χ3n) is 8.10. The molecule has 2 aromatic heterocycles. The Morgan fingerprint density at radius 2 is 1.88 bits per heavy atom. The van der Waals surface area contributed by atoms with Crippen molar-refractivity contribution in [3.63, 3.8) is 0 Å². The quantitative estimate of drug-likeness (QED) is 0.264. The molecule has 2 bridgehead atoms. The Morgan fingerprint density at radius 1 is 1.10 bits per heavy atom. The highest BCUT2D eigenvalue weighted by Gasteiger charge is 2.47. The predicted octanol–water partition coefficient (Wildman–Crippen LogP) is 6.09. The number of thiophene rings is 1. The van der Waals surface area contributed by atoms with Gasteiger partial charge < -0.3 is 23.8 Å². The molecule has 0 spiro atoms. The fraction of sp³-hybridized carbons (Fsp3) is 0.387. The number of rotatable bonds is 7. The number of piperidine rings is 1. The first-order chi connectivity index (χ1) is 20.0. The summed E-state index contributed by atoms with van der Waals surface area (Å²) in [6.07, 6.45) is 2.86. The lowest BCUT2D eigenvalue weighted by molar-refractivity contribution is -0.111. The molecule has 4 heterocycles. The van der Waals surface area contributed by atoms with Crippen LogP contribution in [0.25, 0.3) is 21.3 Å². The van der Waals surface area contributed by atoms with Crippen LogP contribution in [0.2, 0.25) is 0 Å². The van der Waals surface area contributed by atoms with Crippen molar-refractivity contribution in [2.75, 3.05) is 26.3 Å². The van der Waals surface area contributed by atoms with E-state index in [2.05, 4.69) is 9.97 Å². The molecule has 1 saturated carbocycles. The molecular weight excluding hydrogens is 545 g/mol. The normalized spacial score (nSPS) is 22.8. The third kappa shape index (κ3) is 5.34. The van der Waals surface area contributed by atoms with Crippen LogP contribution < -0.4 is 9.47 Å². The van der Waals surface area contributed by atoms with Gasteiger partial charge >= 0.3 is 6.09 Å². The number of benzene rings is 2. The molecule has 2 aromatic carbocycles. The number of likely N-dealkylation sites (tertiary alicyclic amines) is 1. The molecule has 2 unspecified atom stereocenters. The van der Waals surface area contributed by atoms with Gasteiger partial charge in [0, 0.05) is 47.5 Å². The second kappa shape index (κ2) is 10.6. The molecular formula is C31H30FN3O5S. The standard InChI is InChI=1S/C31H30FN3O5S/c1-31(9-10-31)40-30(36)35-12-20-15-37-16-21(13-35)27(20)39-29-28-26(33-18-34-29)24(17-41-28)23-8-7-22(11-25(23)32)38-14-19-5-3-2-4-6-19/h2-8,11,17-18,20-21,27H,9-10,12-16H2,1H3. The van der Waals surface area contributed by atoms with E-state index in [9.17, 15) is 4.79 Å². The van der Waals surface area contributed by atoms with Gasteiger partial charge in [-0.05, 0) is 37.5 Å². The number of hydrogen-bond donors (Lipinski definition) is 0. The summed E-state index contributed by atoms with van der Waals surface area (Å²) in [6.45, 7) is 4.34. The molecule has 1 amide bonds. The number of aromatic nitrogens is 2. The van der Waals surface area contributed by atoms with Gasteiger partial charge in [-0.2, -0.15) is 0 Å². The number of amides is 1. The fourth-order valence-electron chi connectivity index (χ4n) is 5.57. The Labute approximate surface area is 241 Å². The maximum absolute atomic E-state index is 15.3. The zero-order valence-electron chi connectivity index (χ0n) is 22.6. The minimum absolute atomic E-state index is 0.00705. The molecule has 10 heteroatoms. The van der Waals surface area contributed by atoms with Gasteiger partial charge in [-0.3, -0.25) is 0 Å². The summed E-state index contributed by atoms with van der Waals surface area (Å²) in [5, 5.41) is 1.89. The van der Waals surface area contributed by atoms with Crippen molar-refractivity contribution in [3.05, 3.63) is 71.6 Å². The van der Waals surface area contributed by atoms with Crippen LogP contribution in [0, 0.1) is 17.7 Å². The average Bonchev–Trinajstić information content (AvgIpc) is 3.53. The summed E-state index contributed by atoms with van der Waals surface area (Å²) >= 11 is 1.43. The Bertz CT molecular complexity index is 1560. The first-order valence-corrected chi connectivity index (χ1v) is 14.7. The molecule has 3 fully saturated rings. The van der Waals surface area contributed by atoms with Crippen LogP contribution in [0.15, 0.2) is 60.2 Å². The monoisotopic (exact) mass is 575 g/mol. The lowest BCUT2D eigenvalue weighted by Crippen LogP contribution is -2.59. The largest absolute Gasteiger partial charge is 0.489 e. The summed E-state index contributed by atoms with van der Waals surface area (Å²) in [7, 11) is 0. The minimum atomic E-state index is -0.387. The van der Waals surface area contributed by atoms with Crippen molar-refractivity contribution >= 4 is 27.6 Å². The van der Waals surface area contributed by atoms with Gasteiger partial charge in [0.2, 0.25) is 5.88 Å². The van der Waals surface area contributed by atoms with Crippen LogP contribution >= 0.6 is 11.3 Å². The lowest BCUT2D eigenvalue weighted by atomic mass is 9.84. The number of ether oxygens (including phenoxy) is 4. The summed E-state index contributed by atoms with van der Waals surface area (Å²) in [6, 6.07) is 14.7. The number of carbonyl (C=O) groups is 1. The van der Waals surface area contributed by atoms with E-state index in [0.29, 0.717) is 61.2 Å². The molecule has 1 aliphatic carbocycles. The molecule has 41 heavy (non-hydrogen) atoms. The van der Waals surface area contributed by atoms with Gasteiger partial charge in [-0.15, -0.1) is 11.3 Å². The van der Waals surface area contributed by atoms with E-state index in [-0.39, 0.29) is 35.5 Å². The highest BCUT2D eigenvalue weighted by atomic mass is 32.1. The van der Waals surface area contributed by atoms with Crippen LogP contribution in [0.5, 0.6) is 11.6 Å². The van der Waals surface area contributed by atoms with Crippen LogP contribution in [0.1, 0.15) is 25.3 Å². The third-order valence-corrected chi connectivity index (χ3v) is 9.05. The molecule has 4 aromatic rings. The zero-order valence-corrected chi connectivity index (χ0v) is 23.4. The lowest BCUT2D eigenvalue weighted by Gasteiger charge is -2.46. The second-order valence-corrected chi connectivity index (χ2v) is 12.2. The van der Waals surface area contributed by atoms with Crippen LogP contribution in [0.3, 0.4) is 0 Å². The first kappa shape index (κ1) is 26.2. The van der Waals surface area contributed by atoms with Gasteiger partial charge in [-0.25, -0.2) is 19.2 Å². The number of hydrogen-bond acceptors (Lipinski definition) is 8. The van der Waals surface area contributed by atoms with Gasteiger partial charge in [0.05, 0.1) is 18.7 Å². The molecule has 0 N–H and O–H groups in total. The first-order valence-electron chi connectivity index (χ1n) is 13.9. The highest BCUT2D eigenvalue weighted by molar-refractivity contribution is 7.18. The summed E-state index contributed by atoms with van der Waals surface area (Å²) in [5.74, 6) is 0.531. The van der Waals surface area contributed by atoms with Crippen molar-refractivity contribution in [1.82, 2.24) is 14.9 Å². The van der Waals surface area contributed by atoms with Crippen molar-refractivity contribution in [2.45, 2.75) is 38.1 Å². The van der Waals surface area contributed by atoms with E-state index in [1.165, 1.54) is 23.7 Å². The topological polar surface area (TPSA) is 83.0 Å². The van der Waals surface area contributed by atoms with Crippen LogP contribution in [-0.2, 0) is 16.1 Å². The van der Waals surface area contributed by atoms with Gasteiger partial charge in [0.15, 0.2) is 0 Å². The van der Waals surface area contributed by atoms with Gasteiger partial charge in [-0.1, -0.05) is 30.3 Å². The molecule has 212 valence electrons. The van der Waals surface area contributed by atoms with E-state index >= 15 is 4.39 Å². The SMILES string of the molecule is CC1(OC(=O)N2CC3COCC(C2)C3Oc2ncnc3c(-c4ccc(OCc5ccccc5)cc4F)csc23)CC1. The molecule has 8 nitrogen and oxygen atoms in total. The highest BCUT2D eigenvalue weighted by Crippen LogP contribution is 2.42. The van der Waals surface area contributed by atoms with Crippen molar-refractivity contribution in [3.8, 4) is 22.8 Å². The average molecular weight is 576 g/mol. The maximum atomic E-state index is 15.3. The predicted molar refractivity (Wildman–Crippen MR) is 151 cm³/mol. The molecule has 0 radical (unpaired) electrons. The van der Waals surface area contributed by atoms with E-state index in [1.54, 1.807) is 17.0 Å². The number of nitrogens with zero attached hydrogens (tertiary/aromatic N) is 3. The maximum Gasteiger partial charge on any atom is 0.410 e. The Hall–Kier alpha value is -3.76. The van der Waals surface area contributed by atoms with Crippen molar-refractivity contribution in [2.24, 2.45) is 11.8 Å². The van der Waals surface area contributed by atoms with Crippen LogP contribution in [-0.4, -0.2) is 59.0 Å². The van der Waals surface area contributed by atoms with Crippen LogP contribution in [0.4, 0.5) is 9.18 Å². The smallest absolute Gasteiger partial charge is 0.410 e. The minimum Gasteiger partial charge on any atom is -0.489 e. The zero-order chi connectivity index (χ0) is 28.0. The molecule has 2 aliphatic heterocycles. The molecule has 3 aliphatic rings. The number of halogens is 1. The Morgan fingerprint density at radius 3 is 2.61 bits per heavy atom. The van der Waals surface area contributed by atoms with E-state index in [4.69, 9.17) is 18.9 Å². The van der Waals surface area contributed by atoms with Crippen molar-refractivity contribution < 1.29 is 28.1 Å². The molecule has 2 atom stereocenters.